The summed E-state index contributed by atoms with van der Waals surface area (Å²) in [7, 11) is 0. The summed E-state index contributed by atoms with van der Waals surface area (Å²) in [5, 5.41) is 3.07. The topological polar surface area (TPSA) is 97.9 Å². The van der Waals surface area contributed by atoms with E-state index in [0.717, 1.165) is 48.1 Å². The first-order valence-electron chi connectivity index (χ1n) is 11.5. The lowest BCUT2D eigenvalue weighted by Gasteiger charge is -2.46. The Morgan fingerprint density at radius 3 is 2.88 bits per heavy atom. The number of fused-ring (bicyclic) bond motifs is 4. The molecule has 172 valence electrons. The van der Waals surface area contributed by atoms with Crippen LogP contribution in [0.15, 0.2) is 41.7 Å². The first-order chi connectivity index (χ1) is 16.0. The maximum Gasteiger partial charge on any atom is 0.251 e. The van der Waals surface area contributed by atoms with Crippen molar-refractivity contribution in [3.63, 3.8) is 0 Å². The van der Waals surface area contributed by atoms with Gasteiger partial charge < -0.3 is 14.8 Å². The van der Waals surface area contributed by atoms with Crippen molar-refractivity contribution in [3.8, 4) is 0 Å². The number of nitrogens with one attached hydrogen (secondary N) is 1. The van der Waals surface area contributed by atoms with E-state index in [4.69, 9.17) is 4.98 Å². The van der Waals surface area contributed by atoms with E-state index in [1.54, 1.807) is 29.2 Å². The predicted molar refractivity (Wildman–Crippen MR) is 124 cm³/mol. The van der Waals surface area contributed by atoms with E-state index in [1.165, 1.54) is 0 Å². The van der Waals surface area contributed by atoms with Crippen molar-refractivity contribution in [2.75, 3.05) is 18.0 Å². The molecule has 5 rings (SSSR count). The monoisotopic (exact) mass is 447 g/mol. The van der Waals surface area contributed by atoms with Crippen molar-refractivity contribution >= 4 is 11.7 Å². The first-order valence-corrected chi connectivity index (χ1v) is 11.5. The molecule has 0 saturated carbocycles. The van der Waals surface area contributed by atoms with Crippen LogP contribution in [0.2, 0.25) is 0 Å². The molecule has 3 aromatic rings. The number of nitrogens with zero attached hydrogens (tertiary/aromatic N) is 6. The number of carbonyl (C=O) groups is 1. The molecule has 1 saturated heterocycles. The quantitative estimate of drug-likeness (QED) is 0.642. The van der Waals surface area contributed by atoms with E-state index in [9.17, 15) is 9.59 Å². The molecule has 2 bridgehead atoms. The predicted octanol–water partition coefficient (Wildman–Crippen LogP) is 1.95. The SMILES string of the molecule is CCn1cncc1CNC(=O)[C@H]1[C@@H]2C[C@@H](CN(c3nc(C)ncc3C)C2)c2cccc(=O)n21. The lowest BCUT2D eigenvalue weighted by molar-refractivity contribution is -0.127. The summed E-state index contributed by atoms with van der Waals surface area (Å²) in [6.45, 7) is 8.54. The Labute approximate surface area is 192 Å². The fourth-order valence-electron chi connectivity index (χ4n) is 5.34. The summed E-state index contributed by atoms with van der Waals surface area (Å²) >= 11 is 0. The first kappa shape index (κ1) is 21.4. The van der Waals surface area contributed by atoms with Crippen LogP contribution in [0.4, 0.5) is 5.82 Å². The van der Waals surface area contributed by atoms with Crippen molar-refractivity contribution in [2.45, 2.75) is 52.2 Å². The van der Waals surface area contributed by atoms with Gasteiger partial charge in [0.05, 0.1) is 18.6 Å². The largest absolute Gasteiger partial charge is 0.355 e. The number of anilines is 1. The summed E-state index contributed by atoms with van der Waals surface area (Å²) in [5.41, 5.74) is 2.76. The number of piperidine rings is 1. The summed E-state index contributed by atoms with van der Waals surface area (Å²) < 4.78 is 3.72. The number of aryl methyl sites for hydroxylation is 3. The number of hydrogen-bond acceptors (Lipinski definition) is 6. The number of rotatable bonds is 5. The number of amides is 1. The van der Waals surface area contributed by atoms with Gasteiger partial charge in [-0.3, -0.25) is 14.2 Å². The lowest BCUT2D eigenvalue weighted by Crippen LogP contribution is -2.53. The van der Waals surface area contributed by atoms with Crippen molar-refractivity contribution < 1.29 is 4.79 Å². The zero-order valence-electron chi connectivity index (χ0n) is 19.2. The van der Waals surface area contributed by atoms with Gasteiger partial charge in [0, 0.05) is 61.2 Å². The van der Waals surface area contributed by atoms with Crippen molar-refractivity contribution in [3.05, 3.63) is 70.0 Å². The van der Waals surface area contributed by atoms with Gasteiger partial charge in [-0.05, 0) is 33.3 Å². The summed E-state index contributed by atoms with van der Waals surface area (Å²) in [6, 6.07) is 4.76. The molecule has 0 spiro atoms. The molecule has 0 aromatic carbocycles. The highest BCUT2D eigenvalue weighted by Gasteiger charge is 2.44. The molecule has 0 unspecified atom stereocenters. The lowest BCUT2D eigenvalue weighted by atomic mass is 9.78. The maximum atomic E-state index is 13.5. The van der Waals surface area contributed by atoms with Crippen LogP contribution in [0.5, 0.6) is 0 Å². The fraction of sp³-hybridized carbons (Fsp3) is 0.458. The highest BCUT2D eigenvalue weighted by atomic mass is 16.2. The van der Waals surface area contributed by atoms with Gasteiger partial charge >= 0.3 is 0 Å². The minimum atomic E-state index is -0.561. The number of imidazole rings is 1. The highest BCUT2D eigenvalue weighted by molar-refractivity contribution is 5.81. The number of pyridine rings is 1. The Bertz CT molecular complexity index is 1250. The van der Waals surface area contributed by atoms with Gasteiger partial charge in [-0.25, -0.2) is 15.0 Å². The van der Waals surface area contributed by atoms with Gasteiger partial charge in [0.25, 0.3) is 5.56 Å². The zero-order valence-corrected chi connectivity index (χ0v) is 19.2. The van der Waals surface area contributed by atoms with Gasteiger partial charge in [0.2, 0.25) is 5.91 Å². The molecular weight excluding hydrogens is 418 g/mol. The summed E-state index contributed by atoms with van der Waals surface area (Å²) in [5.74, 6) is 1.68. The second-order valence-corrected chi connectivity index (χ2v) is 9.01. The van der Waals surface area contributed by atoms with Crippen LogP contribution in [-0.4, -0.2) is 43.1 Å². The minimum Gasteiger partial charge on any atom is -0.355 e. The van der Waals surface area contributed by atoms with Crippen LogP contribution >= 0.6 is 0 Å². The van der Waals surface area contributed by atoms with Gasteiger partial charge in [-0.1, -0.05) is 6.07 Å². The Kier molecular flexibility index (Phi) is 5.47. The molecule has 1 N–H and O–H groups in total. The molecule has 2 aliphatic rings. The Hall–Kier alpha value is -3.49. The average Bonchev–Trinajstić information content (AvgIpc) is 3.27. The van der Waals surface area contributed by atoms with Crippen molar-refractivity contribution in [1.29, 1.82) is 0 Å². The molecule has 9 nitrogen and oxygen atoms in total. The molecule has 3 atom stereocenters. The van der Waals surface area contributed by atoms with Crippen LogP contribution in [0.1, 0.15) is 48.1 Å². The molecule has 33 heavy (non-hydrogen) atoms. The van der Waals surface area contributed by atoms with E-state index in [0.29, 0.717) is 13.1 Å². The third-order valence-corrected chi connectivity index (χ3v) is 6.86. The summed E-state index contributed by atoms with van der Waals surface area (Å²) in [4.78, 5) is 41.9. The van der Waals surface area contributed by atoms with Crippen LogP contribution in [-0.2, 0) is 17.9 Å². The Morgan fingerprint density at radius 1 is 1.21 bits per heavy atom. The molecule has 0 aliphatic carbocycles. The molecular formula is C24H29N7O2. The smallest absolute Gasteiger partial charge is 0.251 e. The maximum absolute atomic E-state index is 13.5. The zero-order chi connectivity index (χ0) is 23.1. The Morgan fingerprint density at radius 2 is 2.06 bits per heavy atom. The number of carbonyl (C=O) groups excluding carboxylic acids is 1. The third-order valence-electron chi connectivity index (χ3n) is 6.86. The molecule has 9 heteroatoms. The Balaban J connectivity index is 1.48. The van der Waals surface area contributed by atoms with E-state index in [2.05, 4.69) is 20.2 Å². The molecule has 3 aromatic heterocycles. The molecule has 1 amide bonds. The van der Waals surface area contributed by atoms with Crippen molar-refractivity contribution in [2.24, 2.45) is 5.92 Å². The van der Waals surface area contributed by atoms with E-state index in [1.807, 2.05) is 37.6 Å². The number of hydrogen-bond donors (Lipinski definition) is 1. The summed E-state index contributed by atoms with van der Waals surface area (Å²) in [6.07, 6.45) is 6.25. The second-order valence-electron chi connectivity index (χ2n) is 9.01. The van der Waals surface area contributed by atoms with E-state index < -0.39 is 6.04 Å². The molecule has 1 fully saturated rings. The van der Waals surface area contributed by atoms with Crippen LogP contribution < -0.4 is 15.8 Å². The third kappa shape index (κ3) is 3.81. The number of aromatic nitrogens is 5. The van der Waals surface area contributed by atoms with Crippen LogP contribution in [0, 0.1) is 19.8 Å². The second kappa shape index (κ2) is 8.46. The van der Waals surface area contributed by atoms with Gasteiger partial charge in [0.15, 0.2) is 0 Å². The molecule has 2 aliphatic heterocycles. The normalized spacial score (nSPS) is 21.5. The van der Waals surface area contributed by atoms with Crippen molar-refractivity contribution in [1.82, 2.24) is 29.4 Å². The minimum absolute atomic E-state index is 0.00195. The average molecular weight is 448 g/mol. The van der Waals surface area contributed by atoms with E-state index in [-0.39, 0.29) is 23.3 Å². The molecule has 0 radical (unpaired) electrons. The molecule has 5 heterocycles. The van der Waals surface area contributed by atoms with Gasteiger partial charge in [0.1, 0.15) is 17.7 Å². The van der Waals surface area contributed by atoms with Crippen LogP contribution in [0.25, 0.3) is 0 Å². The van der Waals surface area contributed by atoms with Gasteiger partial charge in [-0.15, -0.1) is 0 Å². The fourth-order valence-corrected chi connectivity index (χ4v) is 5.34. The van der Waals surface area contributed by atoms with Gasteiger partial charge in [-0.2, -0.15) is 0 Å². The van der Waals surface area contributed by atoms with E-state index >= 15 is 0 Å². The standard InChI is InChI=1S/C24H29N7O2/c1-4-29-14-25-10-19(29)11-27-24(33)22-18-8-17(20-6-5-7-21(32)31(20)22)12-30(13-18)23-15(2)9-26-16(3)28-23/h5-7,9-10,14,17-18,22H,4,8,11-13H2,1-3H3,(H,27,33)/t17-,18+,22+/m0/s1. The highest BCUT2D eigenvalue weighted by Crippen LogP contribution is 2.42. The van der Waals surface area contributed by atoms with Crippen LogP contribution in [0.3, 0.4) is 0 Å².